The molecule has 0 bridgehead atoms. The van der Waals surface area contributed by atoms with Gasteiger partial charge in [0.2, 0.25) is 0 Å². The Bertz CT molecular complexity index is 2290. The molecule has 2 unspecified atom stereocenters. The van der Waals surface area contributed by atoms with E-state index in [4.69, 9.17) is 18.5 Å². The van der Waals surface area contributed by atoms with Crippen molar-refractivity contribution >= 4 is 19.8 Å². The van der Waals surface area contributed by atoms with Crippen LogP contribution in [-0.4, -0.2) is 74.9 Å². The highest BCUT2D eigenvalue weighted by Gasteiger charge is 2.27. The molecule has 9 nitrogen and oxygen atoms in total. The van der Waals surface area contributed by atoms with Crippen LogP contribution in [0.3, 0.4) is 0 Å². The molecule has 0 aliphatic heterocycles. The van der Waals surface area contributed by atoms with E-state index >= 15 is 0 Å². The van der Waals surface area contributed by atoms with E-state index in [1.54, 1.807) is 0 Å². The predicted octanol–water partition coefficient (Wildman–Crippen LogP) is 24.8. The number of hydrogen-bond donors (Lipinski definition) is 1. The number of phosphoric ester groups is 1. The van der Waals surface area contributed by atoms with Gasteiger partial charge in [-0.15, -0.1) is 0 Å². The molecule has 0 saturated heterocycles. The van der Waals surface area contributed by atoms with E-state index in [-0.39, 0.29) is 32.0 Å². The zero-order valence-corrected chi connectivity index (χ0v) is 61.3. The molecule has 0 spiro atoms. The quantitative estimate of drug-likeness (QED) is 0.0211. The largest absolute Gasteiger partial charge is 0.472 e. The van der Waals surface area contributed by atoms with Gasteiger partial charge in [-0.3, -0.25) is 18.6 Å². The fourth-order valence-electron chi connectivity index (χ4n) is 9.52. The number of likely N-dealkylation sites (N-methyl/N-ethyl adjacent to an activating group) is 1. The van der Waals surface area contributed by atoms with Crippen molar-refractivity contribution in [3.05, 3.63) is 194 Å². The second kappa shape index (κ2) is 72.1. The number of ether oxygens (including phenoxy) is 2. The fraction of sp³-hybridized carbons (Fsp3) is 0.595. The lowest BCUT2D eigenvalue weighted by molar-refractivity contribution is -0.870. The Balaban J connectivity index is 4.12. The van der Waals surface area contributed by atoms with Gasteiger partial charge in [0.25, 0.3) is 0 Å². The van der Waals surface area contributed by atoms with Crippen LogP contribution in [-0.2, 0) is 32.7 Å². The fourth-order valence-corrected chi connectivity index (χ4v) is 10.3. The van der Waals surface area contributed by atoms with Gasteiger partial charge in [-0.05, 0) is 141 Å². The van der Waals surface area contributed by atoms with Gasteiger partial charge < -0.3 is 18.9 Å². The lowest BCUT2D eigenvalue weighted by Crippen LogP contribution is -2.37. The molecular formula is C84H137NO8P+. The second-order valence-electron chi connectivity index (χ2n) is 25.2. The number of nitrogens with zero attached hydrogens (tertiary/aromatic N) is 1. The number of allylic oxidation sites excluding steroid dienone is 32. The summed E-state index contributed by atoms with van der Waals surface area (Å²) in [6.45, 7) is 4.18. The van der Waals surface area contributed by atoms with Crippen molar-refractivity contribution < 1.29 is 42.1 Å². The third-order valence-corrected chi connectivity index (χ3v) is 16.1. The van der Waals surface area contributed by atoms with Gasteiger partial charge in [0, 0.05) is 12.8 Å². The zero-order valence-electron chi connectivity index (χ0n) is 60.4. The number of unbranched alkanes of at least 4 members (excludes halogenated alkanes) is 20. The summed E-state index contributed by atoms with van der Waals surface area (Å²) >= 11 is 0. The summed E-state index contributed by atoms with van der Waals surface area (Å²) in [5, 5.41) is 0. The molecule has 0 aromatic heterocycles. The first-order chi connectivity index (χ1) is 46.0. The van der Waals surface area contributed by atoms with Crippen molar-refractivity contribution in [2.24, 2.45) is 0 Å². The number of phosphoric acid groups is 1. The Labute approximate surface area is 577 Å². The van der Waals surface area contributed by atoms with Gasteiger partial charge in [-0.25, -0.2) is 4.57 Å². The third-order valence-electron chi connectivity index (χ3n) is 15.1. The van der Waals surface area contributed by atoms with E-state index in [1.807, 2.05) is 21.1 Å². The van der Waals surface area contributed by atoms with Crippen molar-refractivity contribution in [2.45, 2.75) is 277 Å². The van der Waals surface area contributed by atoms with Crippen LogP contribution < -0.4 is 0 Å². The van der Waals surface area contributed by atoms with Crippen LogP contribution in [0, 0.1) is 0 Å². The molecule has 0 radical (unpaired) electrons. The molecule has 0 heterocycles. The summed E-state index contributed by atoms with van der Waals surface area (Å²) in [6.07, 6.45) is 112. The van der Waals surface area contributed by atoms with Crippen molar-refractivity contribution in [1.82, 2.24) is 0 Å². The zero-order chi connectivity index (χ0) is 68.3. The van der Waals surface area contributed by atoms with Crippen LogP contribution in [0.5, 0.6) is 0 Å². The van der Waals surface area contributed by atoms with Crippen molar-refractivity contribution in [3.8, 4) is 0 Å². The summed E-state index contributed by atoms with van der Waals surface area (Å²) in [7, 11) is 1.45. The predicted molar refractivity (Wildman–Crippen MR) is 408 cm³/mol. The monoisotopic (exact) mass is 1320 g/mol. The Kier molecular flexibility index (Phi) is 68.2. The van der Waals surface area contributed by atoms with E-state index in [1.165, 1.54) is 77.0 Å². The van der Waals surface area contributed by atoms with E-state index in [0.29, 0.717) is 17.4 Å². The minimum atomic E-state index is -4.41. The average molecular weight is 1320 g/mol. The van der Waals surface area contributed by atoms with Crippen molar-refractivity contribution in [2.75, 3.05) is 47.5 Å². The van der Waals surface area contributed by atoms with E-state index in [9.17, 15) is 19.0 Å². The first-order valence-corrected chi connectivity index (χ1v) is 38.7. The van der Waals surface area contributed by atoms with Crippen LogP contribution in [0.25, 0.3) is 0 Å². The van der Waals surface area contributed by atoms with Gasteiger partial charge >= 0.3 is 19.8 Å². The van der Waals surface area contributed by atoms with Crippen LogP contribution in [0.1, 0.15) is 271 Å². The Morgan fingerprint density at radius 1 is 0.330 bits per heavy atom. The Morgan fingerprint density at radius 3 is 0.851 bits per heavy atom. The Hall–Kier alpha value is -5.15. The summed E-state index contributed by atoms with van der Waals surface area (Å²) in [6, 6.07) is 0. The normalized spacial score (nSPS) is 14.2. The van der Waals surface area contributed by atoms with Gasteiger partial charge in [0.05, 0.1) is 27.7 Å². The van der Waals surface area contributed by atoms with Gasteiger partial charge in [0.15, 0.2) is 6.10 Å². The molecule has 0 saturated carbocycles. The third kappa shape index (κ3) is 75.9. The lowest BCUT2D eigenvalue weighted by atomic mass is 10.0. The van der Waals surface area contributed by atoms with Gasteiger partial charge in [-0.1, -0.05) is 311 Å². The van der Waals surface area contributed by atoms with Gasteiger partial charge in [0.1, 0.15) is 19.8 Å². The molecule has 530 valence electrons. The second-order valence-corrected chi connectivity index (χ2v) is 26.7. The standard InChI is InChI=1S/C84H136NO8P/c1-6-8-10-12-14-16-18-20-22-24-26-28-30-32-34-36-38-40-41-42-43-45-47-49-51-53-55-57-59-61-63-65-67-69-71-73-75-77-84(87)93-82(81-92-94(88,89)91-79-78-85(3,4)5)80-90-83(86)76-74-72-70-68-66-64-62-60-58-56-54-52-50-48-46-44-39-37-35-33-31-29-27-25-23-21-19-17-15-13-11-9-7-2/h8-11,14-17,20-23,26-29,32-35,38-40,42-44,47-50,53,55,82H,6-7,12-13,18-19,24-25,30-31,36-37,41,45-46,51-52,54,56-81H2,1-5H3/p+1/b10-8-,11-9-,16-14-,17-15-,22-20-,23-21-,28-26-,29-27-,34-32-,35-33-,40-38-,43-42-,44-39-,49-47-,50-48-,55-53-. The molecule has 10 heteroatoms. The van der Waals surface area contributed by atoms with Crippen LogP contribution >= 0.6 is 7.82 Å². The van der Waals surface area contributed by atoms with E-state index in [0.717, 1.165) is 161 Å². The first kappa shape index (κ1) is 88.8. The number of carbonyl (C=O) groups is 2. The SMILES string of the molecule is CC/C=C\C/C=C\C/C=C\C/C=C\C/C=C\C/C=C\C/C=C\C/C=C\C/C=C\CCCCCCCCCCCC(=O)OC(COC(=O)CCCCCCCCCCCCC/C=C\C/C=C\C/C=C\C/C=C\C/C=C\C/C=C\C/C=C\CC)COP(=O)(O)OCC[N+](C)(C)C. The number of rotatable bonds is 66. The van der Waals surface area contributed by atoms with Crippen LogP contribution in [0.15, 0.2) is 194 Å². The topological polar surface area (TPSA) is 108 Å². The van der Waals surface area contributed by atoms with Crippen molar-refractivity contribution in [3.63, 3.8) is 0 Å². The molecule has 0 aliphatic rings. The Morgan fingerprint density at radius 2 is 0.574 bits per heavy atom. The van der Waals surface area contributed by atoms with E-state index in [2.05, 4.69) is 208 Å². The molecule has 0 fully saturated rings. The van der Waals surface area contributed by atoms with Crippen LogP contribution in [0.4, 0.5) is 0 Å². The summed E-state index contributed by atoms with van der Waals surface area (Å²) in [4.78, 5) is 35.9. The van der Waals surface area contributed by atoms with Gasteiger partial charge in [-0.2, -0.15) is 0 Å². The molecule has 2 atom stereocenters. The molecule has 0 aromatic rings. The molecular weight excluding hydrogens is 1180 g/mol. The first-order valence-electron chi connectivity index (χ1n) is 37.2. The summed E-state index contributed by atoms with van der Waals surface area (Å²) in [5.74, 6) is -0.817. The highest BCUT2D eigenvalue weighted by molar-refractivity contribution is 7.47. The average Bonchev–Trinajstić information content (AvgIpc) is 1.56. The molecule has 0 aromatic carbocycles. The minimum Gasteiger partial charge on any atom is -0.462 e. The van der Waals surface area contributed by atoms with E-state index < -0.39 is 26.5 Å². The molecule has 0 amide bonds. The van der Waals surface area contributed by atoms with Crippen molar-refractivity contribution in [1.29, 1.82) is 0 Å². The minimum absolute atomic E-state index is 0.0203. The summed E-state index contributed by atoms with van der Waals surface area (Å²) in [5.41, 5.74) is 0. The smallest absolute Gasteiger partial charge is 0.462 e. The van der Waals surface area contributed by atoms with Crippen LogP contribution in [0.2, 0.25) is 0 Å². The highest BCUT2D eigenvalue weighted by Crippen LogP contribution is 2.43. The molecule has 94 heavy (non-hydrogen) atoms. The summed E-state index contributed by atoms with van der Waals surface area (Å²) < 4.78 is 34.8. The number of carbonyl (C=O) groups excluding carboxylic acids is 2. The number of quaternary nitrogens is 1. The maximum absolute atomic E-state index is 12.9. The maximum Gasteiger partial charge on any atom is 0.472 e. The molecule has 0 aliphatic carbocycles. The lowest BCUT2D eigenvalue weighted by Gasteiger charge is -2.24. The number of hydrogen-bond acceptors (Lipinski definition) is 7. The molecule has 1 N–H and O–H groups in total. The highest BCUT2D eigenvalue weighted by atomic mass is 31.2. The maximum atomic E-state index is 12.9. The molecule has 0 rings (SSSR count). The number of esters is 2.